The maximum atomic E-state index is 9.36. The molecular weight excluding hydrogens is 290 g/mol. The molecule has 6 heteroatoms. The lowest BCUT2D eigenvalue weighted by Gasteiger charge is -2.03. The van der Waals surface area contributed by atoms with Crippen molar-refractivity contribution in [2.45, 2.75) is 6.42 Å². The number of aromatic hydroxyl groups is 1. The Morgan fingerprint density at radius 3 is 2.52 bits per heavy atom. The predicted molar refractivity (Wildman–Crippen MR) is 84.9 cm³/mol. The van der Waals surface area contributed by atoms with Crippen LogP contribution >= 0.6 is 0 Å². The van der Waals surface area contributed by atoms with E-state index in [0.29, 0.717) is 12.1 Å². The van der Waals surface area contributed by atoms with Gasteiger partial charge in [-0.25, -0.2) is 0 Å². The summed E-state index contributed by atoms with van der Waals surface area (Å²) in [4.78, 5) is 4.32. The fourth-order valence-corrected chi connectivity index (χ4v) is 2.39. The Balaban J connectivity index is 1.74. The Kier molecular flexibility index (Phi) is 3.20. The van der Waals surface area contributed by atoms with Crippen molar-refractivity contribution >= 4 is 5.65 Å². The molecule has 0 saturated carbocycles. The number of pyridine rings is 1. The summed E-state index contributed by atoms with van der Waals surface area (Å²) in [7, 11) is 0. The fourth-order valence-electron chi connectivity index (χ4n) is 2.39. The summed E-state index contributed by atoms with van der Waals surface area (Å²) < 4.78 is 1.73. The minimum atomic E-state index is 0.246. The molecule has 0 aliphatic rings. The van der Waals surface area contributed by atoms with Crippen molar-refractivity contribution in [3.8, 4) is 17.1 Å². The first-order chi connectivity index (χ1) is 11.3. The van der Waals surface area contributed by atoms with Crippen molar-refractivity contribution in [1.29, 1.82) is 0 Å². The van der Waals surface area contributed by atoms with Crippen LogP contribution in [-0.2, 0) is 6.42 Å². The van der Waals surface area contributed by atoms with Crippen LogP contribution in [0.15, 0.2) is 60.8 Å². The lowest BCUT2D eigenvalue weighted by atomic mass is 10.1. The third-order valence-electron chi connectivity index (χ3n) is 3.55. The number of hydrogen-bond acceptors (Lipinski definition) is 5. The molecule has 1 aromatic carbocycles. The second-order valence-electron chi connectivity index (χ2n) is 5.16. The first-order valence-corrected chi connectivity index (χ1v) is 7.20. The smallest absolute Gasteiger partial charge is 0.177 e. The van der Waals surface area contributed by atoms with Gasteiger partial charge in [0.05, 0.1) is 5.69 Å². The molecule has 0 atom stereocenters. The Morgan fingerprint density at radius 1 is 0.870 bits per heavy atom. The largest absolute Gasteiger partial charge is 0.508 e. The molecule has 3 heterocycles. The molecule has 0 aliphatic heterocycles. The zero-order valence-electron chi connectivity index (χ0n) is 12.2. The van der Waals surface area contributed by atoms with Gasteiger partial charge in [0, 0.05) is 12.6 Å². The van der Waals surface area contributed by atoms with Gasteiger partial charge in [0.2, 0.25) is 0 Å². The lowest BCUT2D eigenvalue weighted by molar-refractivity contribution is 0.475. The van der Waals surface area contributed by atoms with E-state index in [4.69, 9.17) is 0 Å². The summed E-state index contributed by atoms with van der Waals surface area (Å²) in [6, 6.07) is 16.5. The van der Waals surface area contributed by atoms with E-state index in [0.717, 1.165) is 22.8 Å². The van der Waals surface area contributed by atoms with Crippen LogP contribution in [0, 0.1) is 0 Å². The maximum Gasteiger partial charge on any atom is 0.177 e. The average molecular weight is 303 g/mol. The highest BCUT2D eigenvalue weighted by atomic mass is 16.3. The van der Waals surface area contributed by atoms with Gasteiger partial charge < -0.3 is 5.11 Å². The molecule has 4 rings (SSSR count). The van der Waals surface area contributed by atoms with Gasteiger partial charge in [0.1, 0.15) is 11.4 Å². The van der Waals surface area contributed by atoms with Crippen molar-refractivity contribution in [1.82, 2.24) is 24.8 Å². The molecule has 112 valence electrons. The minimum absolute atomic E-state index is 0.246. The van der Waals surface area contributed by atoms with Crippen LogP contribution < -0.4 is 0 Å². The van der Waals surface area contributed by atoms with Gasteiger partial charge in [-0.15, -0.1) is 10.2 Å². The Labute approximate surface area is 132 Å². The van der Waals surface area contributed by atoms with E-state index in [1.807, 2.05) is 42.5 Å². The molecule has 0 bridgehead atoms. The van der Waals surface area contributed by atoms with Gasteiger partial charge in [-0.05, 0) is 42.0 Å². The number of nitrogens with zero attached hydrogens (tertiary/aromatic N) is 5. The van der Waals surface area contributed by atoms with Crippen LogP contribution in [0.4, 0.5) is 0 Å². The first kappa shape index (κ1) is 13.4. The lowest BCUT2D eigenvalue weighted by Crippen LogP contribution is -2.01. The van der Waals surface area contributed by atoms with Crippen LogP contribution in [0.25, 0.3) is 17.0 Å². The van der Waals surface area contributed by atoms with Crippen molar-refractivity contribution in [2.75, 3.05) is 0 Å². The summed E-state index contributed by atoms with van der Waals surface area (Å²) in [5.41, 5.74) is 3.30. The van der Waals surface area contributed by atoms with E-state index in [1.165, 1.54) is 0 Å². The van der Waals surface area contributed by atoms with E-state index < -0.39 is 0 Å². The Bertz CT molecular complexity index is 948. The molecule has 6 nitrogen and oxygen atoms in total. The first-order valence-electron chi connectivity index (χ1n) is 7.20. The minimum Gasteiger partial charge on any atom is -0.508 e. The Hall–Kier alpha value is -3.28. The number of aromatic nitrogens is 5. The number of hydrogen-bond donors (Lipinski definition) is 1. The monoisotopic (exact) mass is 303 g/mol. The Morgan fingerprint density at radius 2 is 1.74 bits per heavy atom. The standard InChI is InChI=1S/C17H13N5O/c23-13-6-4-12(5-7-13)11-17-20-19-16-9-8-15(21-22(16)17)14-3-1-2-10-18-14/h1-10,23H,11H2. The van der Waals surface area contributed by atoms with E-state index in [2.05, 4.69) is 20.3 Å². The van der Waals surface area contributed by atoms with Gasteiger partial charge in [-0.1, -0.05) is 18.2 Å². The number of phenols is 1. The fraction of sp³-hybridized carbons (Fsp3) is 0.0588. The van der Waals surface area contributed by atoms with E-state index in [-0.39, 0.29) is 5.75 Å². The zero-order valence-corrected chi connectivity index (χ0v) is 12.2. The zero-order chi connectivity index (χ0) is 15.6. The number of phenolic OH excluding ortho intramolecular Hbond substituents is 1. The van der Waals surface area contributed by atoms with Crippen LogP contribution in [0.1, 0.15) is 11.4 Å². The number of rotatable bonds is 3. The highest BCUT2D eigenvalue weighted by Gasteiger charge is 2.10. The summed E-state index contributed by atoms with van der Waals surface area (Å²) in [6.45, 7) is 0. The molecule has 3 aromatic heterocycles. The third-order valence-corrected chi connectivity index (χ3v) is 3.55. The van der Waals surface area contributed by atoms with Crippen molar-refractivity contribution in [2.24, 2.45) is 0 Å². The maximum absolute atomic E-state index is 9.36. The topological polar surface area (TPSA) is 76.2 Å². The van der Waals surface area contributed by atoms with Gasteiger partial charge in [0.15, 0.2) is 11.5 Å². The van der Waals surface area contributed by atoms with Gasteiger partial charge >= 0.3 is 0 Å². The highest BCUT2D eigenvalue weighted by Crippen LogP contribution is 2.16. The third kappa shape index (κ3) is 2.62. The second-order valence-corrected chi connectivity index (χ2v) is 5.16. The van der Waals surface area contributed by atoms with Crippen LogP contribution in [-0.4, -0.2) is 29.9 Å². The van der Waals surface area contributed by atoms with Gasteiger partial charge in [0.25, 0.3) is 0 Å². The molecule has 0 unspecified atom stereocenters. The molecule has 0 saturated heterocycles. The number of benzene rings is 1. The molecule has 0 radical (unpaired) electrons. The van der Waals surface area contributed by atoms with E-state index in [9.17, 15) is 5.11 Å². The van der Waals surface area contributed by atoms with Gasteiger partial charge in [-0.2, -0.15) is 9.61 Å². The van der Waals surface area contributed by atoms with Crippen LogP contribution in [0.2, 0.25) is 0 Å². The average Bonchev–Trinajstić information content (AvgIpc) is 3.00. The summed E-state index contributed by atoms with van der Waals surface area (Å²) in [5.74, 6) is 0.985. The van der Waals surface area contributed by atoms with Crippen molar-refractivity contribution in [3.05, 3.63) is 72.2 Å². The molecule has 1 N–H and O–H groups in total. The molecule has 0 spiro atoms. The van der Waals surface area contributed by atoms with Crippen molar-refractivity contribution in [3.63, 3.8) is 0 Å². The SMILES string of the molecule is Oc1ccc(Cc2nnc3ccc(-c4ccccn4)nn23)cc1. The molecule has 23 heavy (non-hydrogen) atoms. The molecule has 0 amide bonds. The molecule has 4 aromatic rings. The summed E-state index contributed by atoms with van der Waals surface area (Å²) in [6.07, 6.45) is 2.32. The van der Waals surface area contributed by atoms with Crippen molar-refractivity contribution < 1.29 is 5.11 Å². The van der Waals surface area contributed by atoms with Crippen LogP contribution in [0.5, 0.6) is 5.75 Å². The number of fused-ring (bicyclic) bond motifs is 1. The van der Waals surface area contributed by atoms with Crippen LogP contribution in [0.3, 0.4) is 0 Å². The predicted octanol–water partition coefficient (Wildman–Crippen LogP) is 2.48. The second kappa shape index (κ2) is 5.49. The highest BCUT2D eigenvalue weighted by molar-refractivity contribution is 5.55. The van der Waals surface area contributed by atoms with E-state index >= 15 is 0 Å². The van der Waals surface area contributed by atoms with E-state index in [1.54, 1.807) is 22.8 Å². The molecule has 0 aliphatic carbocycles. The normalized spacial score (nSPS) is 11.0. The quantitative estimate of drug-likeness (QED) is 0.629. The summed E-state index contributed by atoms with van der Waals surface area (Å²) in [5, 5.41) is 22.3. The van der Waals surface area contributed by atoms with Gasteiger partial charge in [-0.3, -0.25) is 4.98 Å². The molecule has 0 fully saturated rings. The molecular formula is C17H13N5O. The summed E-state index contributed by atoms with van der Waals surface area (Å²) >= 11 is 0.